The Morgan fingerprint density at radius 3 is 2.21 bits per heavy atom. The van der Waals surface area contributed by atoms with E-state index in [-0.39, 0.29) is 5.82 Å². The fourth-order valence-electron chi connectivity index (χ4n) is 3.72. The third-order valence-corrected chi connectivity index (χ3v) is 5.40. The molecule has 0 aliphatic heterocycles. The molecule has 2 heteroatoms. The Labute approximate surface area is 116 Å². The van der Waals surface area contributed by atoms with Gasteiger partial charge in [0.15, 0.2) is 0 Å². The van der Waals surface area contributed by atoms with Crippen molar-refractivity contribution in [1.29, 1.82) is 0 Å². The molecule has 1 aromatic rings. The van der Waals surface area contributed by atoms with E-state index >= 15 is 0 Å². The van der Waals surface area contributed by atoms with Crippen molar-refractivity contribution in [2.75, 3.05) is 6.54 Å². The van der Waals surface area contributed by atoms with Crippen LogP contribution in [0.15, 0.2) is 24.3 Å². The summed E-state index contributed by atoms with van der Waals surface area (Å²) in [7, 11) is 0. The monoisotopic (exact) mass is 263 g/mol. The molecule has 1 unspecified atom stereocenters. The molecule has 0 saturated heterocycles. The first-order chi connectivity index (χ1) is 8.82. The van der Waals surface area contributed by atoms with Gasteiger partial charge in [-0.25, -0.2) is 4.39 Å². The van der Waals surface area contributed by atoms with Gasteiger partial charge in [-0.15, -0.1) is 0 Å². The van der Waals surface area contributed by atoms with Gasteiger partial charge < -0.3 is 5.32 Å². The number of nitrogens with one attached hydrogen (secondary N) is 1. The molecule has 2 rings (SSSR count). The number of likely N-dealkylation sites (N-methyl/N-ethyl adjacent to an activating group) is 1. The van der Waals surface area contributed by atoms with Crippen LogP contribution in [0, 0.1) is 22.6 Å². The van der Waals surface area contributed by atoms with Gasteiger partial charge >= 0.3 is 0 Å². The first-order valence-corrected chi connectivity index (χ1v) is 7.29. The lowest BCUT2D eigenvalue weighted by atomic mass is 9.96. The van der Waals surface area contributed by atoms with Crippen molar-refractivity contribution in [3.8, 4) is 0 Å². The van der Waals surface area contributed by atoms with Gasteiger partial charge in [0.25, 0.3) is 0 Å². The maximum atomic E-state index is 13.8. The standard InChI is InChI=1S/C17H26FN/c1-6-19-14(15-16(2,3)17(15,4)5)11-12-9-7-8-10-13(12)18/h7-10,14-15,19H,6,11H2,1-5H3. The Hall–Kier alpha value is -0.890. The van der Waals surface area contributed by atoms with Gasteiger partial charge in [0.1, 0.15) is 5.82 Å². The van der Waals surface area contributed by atoms with E-state index in [9.17, 15) is 4.39 Å². The lowest BCUT2D eigenvalue weighted by molar-refractivity contribution is 0.398. The zero-order chi connectivity index (χ0) is 14.3. The minimum atomic E-state index is -0.0818. The second-order valence-electron chi connectivity index (χ2n) is 6.88. The highest BCUT2D eigenvalue weighted by molar-refractivity contribution is 5.23. The van der Waals surface area contributed by atoms with Crippen LogP contribution in [-0.2, 0) is 6.42 Å². The van der Waals surface area contributed by atoms with Crippen LogP contribution in [0.1, 0.15) is 40.2 Å². The van der Waals surface area contributed by atoms with Crippen LogP contribution in [0.25, 0.3) is 0 Å². The Balaban J connectivity index is 2.17. The molecule has 0 spiro atoms. The molecular formula is C17H26FN. The van der Waals surface area contributed by atoms with Crippen molar-refractivity contribution >= 4 is 0 Å². The molecule has 1 fully saturated rings. The second kappa shape index (κ2) is 4.90. The topological polar surface area (TPSA) is 12.0 Å². The third kappa shape index (κ3) is 2.43. The van der Waals surface area contributed by atoms with Crippen LogP contribution in [0.3, 0.4) is 0 Å². The smallest absolute Gasteiger partial charge is 0.126 e. The lowest BCUT2D eigenvalue weighted by Crippen LogP contribution is -2.35. The number of hydrogen-bond donors (Lipinski definition) is 1. The number of rotatable bonds is 5. The fraction of sp³-hybridized carbons (Fsp3) is 0.647. The molecule has 1 aliphatic rings. The van der Waals surface area contributed by atoms with Crippen LogP contribution in [0.2, 0.25) is 0 Å². The first kappa shape index (κ1) is 14.5. The van der Waals surface area contributed by atoms with Gasteiger partial charge in [0, 0.05) is 6.04 Å². The van der Waals surface area contributed by atoms with Crippen LogP contribution in [0.4, 0.5) is 4.39 Å². The summed E-state index contributed by atoms with van der Waals surface area (Å²) in [5.74, 6) is 0.515. The fourth-order valence-corrected chi connectivity index (χ4v) is 3.72. The third-order valence-electron chi connectivity index (χ3n) is 5.40. The molecule has 1 aromatic carbocycles. The highest BCUT2D eigenvalue weighted by Crippen LogP contribution is 2.69. The normalized spacial score (nSPS) is 22.2. The van der Waals surface area contributed by atoms with Crippen molar-refractivity contribution in [2.45, 2.75) is 47.1 Å². The largest absolute Gasteiger partial charge is 0.314 e. The Morgan fingerprint density at radius 1 is 1.16 bits per heavy atom. The lowest BCUT2D eigenvalue weighted by Gasteiger charge is -2.20. The average molecular weight is 263 g/mol. The Bertz CT molecular complexity index is 436. The summed E-state index contributed by atoms with van der Waals surface area (Å²) < 4.78 is 13.8. The summed E-state index contributed by atoms with van der Waals surface area (Å²) in [6.07, 6.45) is 0.776. The highest BCUT2D eigenvalue weighted by atomic mass is 19.1. The van der Waals surface area contributed by atoms with Gasteiger partial charge in [-0.3, -0.25) is 0 Å². The van der Waals surface area contributed by atoms with Crippen molar-refractivity contribution in [2.24, 2.45) is 16.7 Å². The molecule has 0 aromatic heterocycles. The van der Waals surface area contributed by atoms with Gasteiger partial charge in [0.2, 0.25) is 0 Å². The van der Waals surface area contributed by atoms with E-state index in [1.54, 1.807) is 12.1 Å². The minimum Gasteiger partial charge on any atom is -0.314 e. The van der Waals surface area contributed by atoms with E-state index in [1.165, 1.54) is 0 Å². The summed E-state index contributed by atoms with van der Waals surface area (Å²) in [6.45, 7) is 12.3. The van der Waals surface area contributed by atoms with E-state index in [4.69, 9.17) is 0 Å². The zero-order valence-corrected chi connectivity index (χ0v) is 12.8. The van der Waals surface area contributed by atoms with Gasteiger partial charge in [0.05, 0.1) is 0 Å². The molecule has 1 nitrogen and oxygen atoms in total. The first-order valence-electron chi connectivity index (χ1n) is 7.29. The van der Waals surface area contributed by atoms with Crippen molar-refractivity contribution in [3.05, 3.63) is 35.6 Å². The minimum absolute atomic E-state index is 0.0818. The van der Waals surface area contributed by atoms with Crippen LogP contribution in [-0.4, -0.2) is 12.6 Å². The van der Waals surface area contributed by atoms with Crippen molar-refractivity contribution < 1.29 is 4.39 Å². The molecule has 0 radical (unpaired) electrons. The zero-order valence-electron chi connectivity index (χ0n) is 12.8. The van der Waals surface area contributed by atoms with Crippen LogP contribution >= 0.6 is 0 Å². The Kier molecular flexibility index (Phi) is 3.74. The van der Waals surface area contributed by atoms with E-state index in [1.807, 2.05) is 12.1 Å². The molecule has 0 amide bonds. The molecule has 1 atom stereocenters. The summed E-state index contributed by atoms with van der Waals surface area (Å²) in [6, 6.07) is 7.49. The summed E-state index contributed by atoms with van der Waals surface area (Å²) in [4.78, 5) is 0. The molecular weight excluding hydrogens is 237 g/mol. The quantitative estimate of drug-likeness (QED) is 0.845. The second-order valence-corrected chi connectivity index (χ2v) is 6.88. The predicted molar refractivity (Wildman–Crippen MR) is 78.6 cm³/mol. The molecule has 1 saturated carbocycles. The SMILES string of the molecule is CCNC(Cc1ccccc1F)C1C(C)(C)C1(C)C. The summed E-state index contributed by atoms with van der Waals surface area (Å²) in [5, 5.41) is 3.56. The summed E-state index contributed by atoms with van der Waals surface area (Å²) in [5.41, 5.74) is 1.47. The van der Waals surface area contributed by atoms with Gasteiger partial charge in [-0.2, -0.15) is 0 Å². The number of hydrogen-bond acceptors (Lipinski definition) is 1. The highest BCUT2D eigenvalue weighted by Gasteiger charge is 2.66. The number of halogens is 1. The molecule has 0 bridgehead atoms. The molecule has 1 aliphatic carbocycles. The molecule has 0 heterocycles. The maximum absolute atomic E-state index is 13.8. The average Bonchev–Trinajstić information content (AvgIpc) is 2.72. The van der Waals surface area contributed by atoms with E-state index < -0.39 is 0 Å². The van der Waals surface area contributed by atoms with Crippen molar-refractivity contribution in [1.82, 2.24) is 5.32 Å². The van der Waals surface area contributed by atoms with Crippen LogP contribution < -0.4 is 5.32 Å². The number of benzene rings is 1. The van der Waals surface area contributed by atoms with Crippen molar-refractivity contribution in [3.63, 3.8) is 0 Å². The van der Waals surface area contributed by atoms with Crippen LogP contribution in [0.5, 0.6) is 0 Å². The van der Waals surface area contributed by atoms with Gasteiger partial charge in [-0.1, -0.05) is 52.8 Å². The molecule has 106 valence electrons. The maximum Gasteiger partial charge on any atom is 0.126 e. The predicted octanol–water partition coefficient (Wildman–Crippen LogP) is 4.03. The molecule has 1 N–H and O–H groups in total. The molecule has 19 heavy (non-hydrogen) atoms. The Morgan fingerprint density at radius 2 is 1.74 bits per heavy atom. The van der Waals surface area contributed by atoms with Gasteiger partial charge in [-0.05, 0) is 41.3 Å². The van der Waals surface area contributed by atoms with E-state index in [0.29, 0.717) is 22.8 Å². The summed E-state index contributed by atoms with van der Waals surface area (Å²) >= 11 is 0. The van der Waals surface area contributed by atoms with E-state index in [0.717, 1.165) is 18.5 Å². The van der Waals surface area contributed by atoms with E-state index in [2.05, 4.69) is 39.9 Å².